The molecule has 0 spiro atoms. The van der Waals surface area contributed by atoms with Gasteiger partial charge in [-0.1, -0.05) is 13.8 Å². The van der Waals surface area contributed by atoms with Gasteiger partial charge in [0.2, 0.25) is 11.8 Å². The first-order valence-corrected chi connectivity index (χ1v) is 11.2. The van der Waals surface area contributed by atoms with Crippen LogP contribution >= 0.6 is 0 Å². The lowest BCUT2D eigenvalue weighted by molar-refractivity contribution is -0.135. The number of guanidine groups is 1. The first-order chi connectivity index (χ1) is 14.4. The van der Waals surface area contributed by atoms with Crippen molar-refractivity contribution in [2.45, 2.75) is 39.2 Å². The van der Waals surface area contributed by atoms with Crippen molar-refractivity contribution in [1.82, 2.24) is 25.3 Å². The molecule has 0 unspecified atom stereocenters. The number of hydrogen-bond donors (Lipinski definition) is 2. The largest absolute Gasteiger partial charge is 0.379 e. The summed E-state index contributed by atoms with van der Waals surface area (Å²) in [4.78, 5) is 34.6. The molecule has 0 aromatic rings. The van der Waals surface area contributed by atoms with Gasteiger partial charge < -0.3 is 25.2 Å². The van der Waals surface area contributed by atoms with Gasteiger partial charge in [-0.15, -0.1) is 0 Å². The molecule has 0 bridgehead atoms. The van der Waals surface area contributed by atoms with E-state index in [1.165, 1.54) is 0 Å². The predicted octanol–water partition coefficient (Wildman–Crippen LogP) is -0.0209. The lowest BCUT2D eigenvalue weighted by Gasteiger charge is -2.34. The molecule has 2 fully saturated rings. The average molecular weight is 425 g/mol. The lowest BCUT2D eigenvalue weighted by atomic mass is 10.0. The molecule has 0 aliphatic carbocycles. The minimum Gasteiger partial charge on any atom is -0.379 e. The van der Waals surface area contributed by atoms with E-state index >= 15 is 0 Å². The van der Waals surface area contributed by atoms with Crippen LogP contribution in [0.3, 0.4) is 0 Å². The Bertz CT molecular complexity index is 567. The van der Waals surface area contributed by atoms with Crippen molar-refractivity contribution in [3.8, 4) is 0 Å². The molecule has 9 heteroatoms. The highest BCUT2D eigenvalue weighted by atomic mass is 16.5. The van der Waals surface area contributed by atoms with Crippen LogP contribution in [0.25, 0.3) is 0 Å². The maximum atomic E-state index is 12.2. The third kappa shape index (κ3) is 8.47. The van der Waals surface area contributed by atoms with Crippen molar-refractivity contribution in [2.75, 3.05) is 73.1 Å². The summed E-state index contributed by atoms with van der Waals surface area (Å²) in [5.41, 5.74) is 0. The number of piperidine rings is 1. The van der Waals surface area contributed by atoms with Crippen LogP contribution in [0.1, 0.15) is 33.1 Å². The zero-order valence-electron chi connectivity index (χ0n) is 19.2. The molecule has 2 heterocycles. The molecule has 0 atom stereocenters. The fraction of sp³-hybridized carbons (Fsp3) is 0.857. The molecule has 0 radical (unpaired) electrons. The van der Waals surface area contributed by atoms with E-state index in [1.807, 2.05) is 18.7 Å². The molecular weight excluding hydrogens is 384 g/mol. The average Bonchev–Trinajstić information content (AvgIpc) is 2.75. The van der Waals surface area contributed by atoms with Crippen LogP contribution in [-0.2, 0) is 14.3 Å². The van der Waals surface area contributed by atoms with Gasteiger partial charge in [-0.2, -0.15) is 0 Å². The van der Waals surface area contributed by atoms with Gasteiger partial charge in [0.25, 0.3) is 0 Å². The second kappa shape index (κ2) is 12.7. The Morgan fingerprint density at radius 3 is 2.40 bits per heavy atom. The van der Waals surface area contributed by atoms with Gasteiger partial charge in [-0.25, -0.2) is 4.99 Å². The molecular formula is C21H40N6O3. The van der Waals surface area contributed by atoms with Crippen LogP contribution in [0, 0.1) is 5.92 Å². The number of morpholine rings is 1. The highest BCUT2D eigenvalue weighted by molar-refractivity contribution is 5.85. The van der Waals surface area contributed by atoms with Crippen molar-refractivity contribution < 1.29 is 14.3 Å². The first kappa shape index (κ1) is 24.4. The number of amides is 2. The standard InChI is InChI=1S/C21H40N6O3/c1-17(2)20(29)27-10-6-18(7-11-27)24-21(23-16-19(28)25(3)4)22-8-5-9-26-12-14-30-15-13-26/h17-18H,5-16H2,1-4H3,(H2,22,23,24). The number of aliphatic imine (C=N–C) groups is 1. The van der Waals surface area contributed by atoms with Gasteiger partial charge in [-0.3, -0.25) is 14.5 Å². The smallest absolute Gasteiger partial charge is 0.243 e. The lowest BCUT2D eigenvalue weighted by Crippen LogP contribution is -2.51. The number of carbonyl (C=O) groups excluding carboxylic acids is 2. The summed E-state index contributed by atoms with van der Waals surface area (Å²) in [7, 11) is 3.48. The number of likely N-dealkylation sites (tertiary alicyclic amines) is 1. The summed E-state index contributed by atoms with van der Waals surface area (Å²) < 4.78 is 5.39. The van der Waals surface area contributed by atoms with Gasteiger partial charge in [0.05, 0.1) is 13.2 Å². The van der Waals surface area contributed by atoms with E-state index < -0.39 is 0 Å². The Kier molecular flexibility index (Phi) is 10.4. The van der Waals surface area contributed by atoms with Gasteiger partial charge in [0, 0.05) is 58.8 Å². The molecule has 9 nitrogen and oxygen atoms in total. The minimum atomic E-state index is -0.0261. The molecule has 2 saturated heterocycles. The van der Waals surface area contributed by atoms with Crippen LogP contribution in [0.4, 0.5) is 0 Å². The number of likely N-dealkylation sites (N-methyl/N-ethyl adjacent to an activating group) is 1. The Labute approximate surface area is 181 Å². The third-order valence-electron chi connectivity index (χ3n) is 5.56. The van der Waals surface area contributed by atoms with E-state index in [4.69, 9.17) is 4.74 Å². The topological polar surface area (TPSA) is 89.5 Å². The fourth-order valence-electron chi connectivity index (χ4n) is 3.58. The number of rotatable bonds is 8. The molecule has 2 N–H and O–H groups in total. The molecule has 172 valence electrons. The van der Waals surface area contributed by atoms with Crippen LogP contribution in [-0.4, -0.2) is 112 Å². The van der Waals surface area contributed by atoms with E-state index in [-0.39, 0.29) is 30.3 Å². The first-order valence-electron chi connectivity index (χ1n) is 11.2. The Hall–Kier alpha value is -1.87. The Morgan fingerprint density at radius 2 is 1.80 bits per heavy atom. The predicted molar refractivity (Wildman–Crippen MR) is 118 cm³/mol. The van der Waals surface area contributed by atoms with Gasteiger partial charge >= 0.3 is 0 Å². The SMILES string of the molecule is CC(C)C(=O)N1CCC(NC(=NCC(=O)N(C)C)NCCCN2CCOCC2)CC1. The zero-order chi connectivity index (χ0) is 21.9. The summed E-state index contributed by atoms with van der Waals surface area (Å²) in [5.74, 6) is 0.916. The van der Waals surface area contributed by atoms with Crippen molar-refractivity contribution in [3.05, 3.63) is 0 Å². The summed E-state index contributed by atoms with van der Waals surface area (Å²) in [6, 6.07) is 0.251. The normalized spacial score (nSPS) is 19.1. The maximum absolute atomic E-state index is 12.2. The number of carbonyl (C=O) groups is 2. The molecule has 2 aliphatic heterocycles. The second-order valence-electron chi connectivity index (χ2n) is 8.59. The fourth-order valence-corrected chi connectivity index (χ4v) is 3.58. The van der Waals surface area contributed by atoms with Crippen LogP contribution in [0.15, 0.2) is 4.99 Å². The summed E-state index contributed by atoms with van der Waals surface area (Å²) in [5, 5.41) is 6.86. The number of nitrogens with one attached hydrogen (secondary N) is 2. The molecule has 0 aromatic heterocycles. The monoisotopic (exact) mass is 424 g/mol. The Morgan fingerprint density at radius 1 is 1.13 bits per heavy atom. The highest BCUT2D eigenvalue weighted by Gasteiger charge is 2.24. The van der Waals surface area contributed by atoms with E-state index in [2.05, 4.69) is 20.5 Å². The van der Waals surface area contributed by atoms with E-state index in [9.17, 15) is 9.59 Å². The van der Waals surface area contributed by atoms with Crippen LogP contribution < -0.4 is 10.6 Å². The zero-order valence-corrected chi connectivity index (χ0v) is 19.2. The van der Waals surface area contributed by atoms with Crippen LogP contribution in [0.5, 0.6) is 0 Å². The number of hydrogen-bond acceptors (Lipinski definition) is 5. The van der Waals surface area contributed by atoms with Gasteiger partial charge in [-0.05, 0) is 25.8 Å². The van der Waals surface area contributed by atoms with Crippen molar-refractivity contribution in [3.63, 3.8) is 0 Å². The van der Waals surface area contributed by atoms with Crippen molar-refractivity contribution >= 4 is 17.8 Å². The second-order valence-corrected chi connectivity index (χ2v) is 8.59. The summed E-state index contributed by atoms with van der Waals surface area (Å²) in [6.45, 7) is 11.0. The quantitative estimate of drug-likeness (QED) is 0.323. The minimum absolute atomic E-state index is 0.0261. The highest BCUT2D eigenvalue weighted by Crippen LogP contribution is 2.13. The van der Waals surface area contributed by atoms with Crippen molar-refractivity contribution in [1.29, 1.82) is 0 Å². The van der Waals surface area contributed by atoms with E-state index in [0.29, 0.717) is 5.96 Å². The third-order valence-corrected chi connectivity index (χ3v) is 5.56. The molecule has 0 aromatic carbocycles. The number of ether oxygens (including phenoxy) is 1. The molecule has 0 saturated carbocycles. The van der Waals surface area contributed by atoms with E-state index in [1.54, 1.807) is 19.0 Å². The maximum Gasteiger partial charge on any atom is 0.243 e. The van der Waals surface area contributed by atoms with Crippen LogP contribution in [0.2, 0.25) is 0 Å². The summed E-state index contributed by atoms with van der Waals surface area (Å²) in [6.07, 6.45) is 2.77. The summed E-state index contributed by atoms with van der Waals surface area (Å²) >= 11 is 0. The van der Waals surface area contributed by atoms with E-state index in [0.717, 1.165) is 71.7 Å². The molecule has 2 rings (SSSR count). The number of nitrogens with zero attached hydrogens (tertiary/aromatic N) is 4. The molecule has 30 heavy (non-hydrogen) atoms. The van der Waals surface area contributed by atoms with Crippen molar-refractivity contribution in [2.24, 2.45) is 10.9 Å². The molecule has 2 amide bonds. The van der Waals surface area contributed by atoms with Gasteiger partial charge in [0.15, 0.2) is 5.96 Å². The Balaban J connectivity index is 1.81. The molecule has 2 aliphatic rings. The van der Waals surface area contributed by atoms with Gasteiger partial charge in [0.1, 0.15) is 6.54 Å².